The molecule has 0 aromatic carbocycles. The number of nitrogens with zero attached hydrogens (tertiary/aromatic N) is 2. The molecule has 0 fully saturated rings. The fourth-order valence-electron chi connectivity index (χ4n) is 1.55. The maximum Gasteiger partial charge on any atom is 0.251 e. The average Bonchev–Trinajstić information content (AvgIpc) is 2.31. The van der Waals surface area contributed by atoms with Crippen molar-refractivity contribution in [1.29, 1.82) is 0 Å². The first-order valence-corrected chi connectivity index (χ1v) is 5.30. The van der Waals surface area contributed by atoms with Gasteiger partial charge in [0, 0.05) is 6.20 Å². The summed E-state index contributed by atoms with van der Waals surface area (Å²) < 4.78 is 0. The first kappa shape index (κ1) is 11.8. The highest BCUT2D eigenvalue weighted by Gasteiger charge is 2.09. The fraction of sp³-hybridized carbons (Fsp3) is 0.0833. The van der Waals surface area contributed by atoms with Gasteiger partial charge >= 0.3 is 0 Å². The van der Waals surface area contributed by atoms with Crippen LogP contribution < -0.4 is 16.8 Å². The molecule has 0 aliphatic rings. The smallest absolute Gasteiger partial charge is 0.251 e. The van der Waals surface area contributed by atoms with Crippen LogP contribution in [0.5, 0.6) is 0 Å². The monoisotopic (exact) mass is 243 g/mol. The van der Waals surface area contributed by atoms with E-state index in [4.69, 9.17) is 11.5 Å². The van der Waals surface area contributed by atoms with Gasteiger partial charge in [0.15, 0.2) is 0 Å². The van der Waals surface area contributed by atoms with E-state index >= 15 is 0 Å². The molecule has 2 aromatic rings. The van der Waals surface area contributed by atoms with Crippen molar-refractivity contribution in [2.45, 2.75) is 6.92 Å². The molecule has 0 radical (unpaired) electrons. The number of hydrogen-bond acceptors (Lipinski definition) is 5. The van der Waals surface area contributed by atoms with Crippen LogP contribution in [0.25, 0.3) is 0 Å². The van der Waals surface area contributed by atoms with Gasteiger partial charge in [0.05, 0.1) is 29.3 Å². The molecule has 5 N–H and O–H groups in total. The number of nitrogen functional groups attached to an aromatic ring is 1. The molecule has 6 heteroatoms. The third-order valence-corrected chi connectivity index (χ3v) is 2.34. The molecule has 2 heterocycles. The summed E-state index contributed by atoms with van der Waals surface area (Å²) in [7, 11) is 0. The Balaban J connectivity index is 2.37. The van der Waals surface area contributed by atoms with Crippen molar-refractivity contribution < 1.29 is 4.79 Å². The number of amides is 1. The number of rotatable bonds is 3. The Morgan fingerprint density at radius 1 is 1.28 bits per heavy atom. The zero-order valence-corrected chi connectivity index (χ0v) is 9.84. The van der Waals surface area contributed by atoms with Crippen molar-refractivity contribution >= 4 is 23.1 Å². The quantitative estimate of drug-likeness (QED) is 0.751. The van der Waals surface area contributed by atoms with E-state index in [0.29, 0.717) is 11.3 Å². The molecule has 1 amide bonds. The molecule has 2 rings (SSSR count). The van der Waals surface area contributed by atoms with E-state index in [2.05, 4.69) is 15.3 Å². The Morgan fingerprint density at radius 2 is 2.06 bits per heavy atom. The molecular formula is C12H13N5O. The van der Waals surface area contributed by atoms with Crippen molar-refractivity contribution in [2.24, 2.45) is 5.73 Å². The van der Waals surface area contributed by atoms with Crippen LogP contribution in [0.3, 0.4) is 0 Å². The summed E-state index contributed by atoms with van der Waals surface area (Å²) in [5.74, 6) is -0.316. The van der Waals surface area contributed by atoms with Crippen molar-refractivity contribution in [3.8, 4) is 0 Å². The van der Waals surface area contributed by atoms with E-state index in [9.17, 15) is 4.79 Å². The maximum atomic E-state index is 11.3. The average molecular weight is 243 g/mol. The van der Waals surface area contributed by atoms with Crippen molar-refractivity contribution in [3.05, 3.63) is 41.9 Å². The van der Waals surface area contributed by atoms with Crippen LogP contribution in [-0.2, 0) is 0 Å². The molecule has 92 valence electrons. The van der Waals surface area contributed by atoms with Crippen LogP contribution in [0.15, 0.2) is 30.7 Å². The molecule has 0 atom stereocenters. The van der Waals surface area contributed by atoms with Crippen molar-refractivity contribution in [1.82, 2.24) is 9.97 Å². The van der Waals surface area contributed by atoms with E-state index in [1.165, 1.54) is 12.3 Å². The number of nitrogens with one attached hydrogen (secondary N) is 1. The molecular weight excluding hydrogens is 230 g/mol. The first-order valence-electron chi connectivity index (χ1n) is 5.30. The minimum absolute atomic E-state index is 0.247. The third-order valence-electron chi connectivity index (χ3n) is 2.34. The number of aromatic nitrogens is 2. The lowest BCUT2D eigenvalue weighted by Crippen LogP contribution is -2.14. The number of aryl methyl sites for hydroxylation is 1. The lowest BCUT2D eigenvalue weighted by molar-refractivity contribution is 0.100. The van der Waals surface area contributed by atoms with Gasteiger partial charge in [-0.15, -0.1) is 0 Å². The summed E-state index contributed by atoms with van der Waals surface area (Å²) in [6.07, 6.45) is 4.85. The van der Waals surface area contributed by atoms with Gasteiger partial charge in [0.25, 0.3) is 5.91 Å². The Labute approximate surface area is 104 Å². The van der Waals surface area contributed by atoms with Crippen LogP contribution in [0, 0.1) is 6.92 Å². The maximum absolute atomic E-state index is 11.3. The summed E-state index contributed by atoms with van der Waals surface area (Å²) in [5, 5.41) is 3.04. The van der Waals surface area contributed by atoms with Gasteiger partial charge in [0.1, 0.15) is 5.82 Å². The Kier molecular flexibility index (Phi) is 3.09. The number of anilines is 3. The lowest BCUT2D eigenvalue weighted by atomic mass is 10.2. The first-order chi connectivity index (χ1) is 8.56. The van der Waals surface area contributed by atoms with Crippen LogP contribution >= 0.6 is 0 Å². The molecule has 0 spiro atoms. The molecule has 2 aromatic heterocycles. The summed E-state index contributed by atoms with van der Waals surface area (Å²) in [4.78, 5) is 19.3. The highest BCUT2D eigenvalue weighted by atomic mass is 16.1. The standard InChI is InChI=1S/C12H13N5O/c1-7-2-8(5-15-4-7)17-10-6-16-11(13)3-9(10)12(14)18/h2-6,17H,1H3,(H2,13,16)(H2,14,18). The zero-order chi connectivity index (χ0) is 13.1. The number of carbonyl (C=O) groups is 1. The lowest BCUT2D eigenvalue weighted by Gasteiger charge is -2.10. The number of primary amides is 1. The number of carbonyl (C=O) groups excluding carboxylic acids is 1. The summed E-state index contributed by atoms with van der Waals surface area (Å²) in [6, 6.07) is 3.34. The molecule has 6 nitrogen and oxygen atoms in total. The largest absolute Gasteiger partial charge is 0.384 e. The predicted molar refractivity (Wildman–Crippen MR) is 69.4 cm³/mol. The van der Waals surface area contributed by atoms with Gasteiger partial charge in [-0.2, -0.15) is 0 Å². The van der Waals surface area contributed by atoms with E-state index in [0.717, 1.165) is 11.3 Å². The second-order valence-corrected chi connectivity index (χ2v) is 3.89. The molecule has 0 unspecified atom stereocenters. The topological polar surface area (TPSA) is 107 Å². The van der Waals surface area contributed by atoms with Gasteiger partial charge in [-0.3, -0.25) is 9.78 Å². The minimum atomic E-state index is -0.563. The number of hydrogen-bond donors (Lipinski definition) is 3. The molecule has 0 saturated heterocycles. The second-order valence-electron chi connectivity index (χ2n) is 3.89. The van der Waals surface area contributed by atoms with Crippen LogP contribution in [0.1, 0.15) is 15.9 Å². The number of pyridine rings is 2. The van der Waals surface area contributed by atoms with Gasteiger partial charge in [-0.1, -0.05) is 0 Å². The predicted octanol–water partition coefficient (Wildman–Crippen LogP) is 1.21. The van der Waals surface area contributed by atoms with Crippen LogP contribution in [0.2, 0.25) is 0 Å². The zero-order valence-electron chi connectivity index (χ0n) is 9.84. The van der Waals surface area contributed by atoms with E-state index in [1.807, 2.05) is 13.0 Å². The Bertz CT molecular complexity index is 597. The minimum Gasteiger partial charge on any atom is -0.384 e. The van der Waals surface area contributed by atoms with Gasteiger partial charge in [0.2, 0.25) is 0 Å². The van der Waals surface area contributed by atoms with Crippen molar-refractivity contribution in [2.75, 3.05) is 11.1 Å². The molecule has 0 aliphatic carbocycles. The summed E-state index contributed by atoms with van der Waals surface area (Å²) in [6.45, 7) is 1.93. The summed E-state index contributed by atoms with van der Waals surface area (Å²) >= 11 is 0. The summed E-state index contributed by atoms with van der Waals surface area (Å²) in [5.41, 5.74) is 13.4. The van der Waals surface area contributed by atoms with E-state index in [-0.39, 0.29) is 5.82 Å². The highest BCUT2D eigenvalue weighted by molar-refractivity contribution is 5.99. The molecule has 0 bridgehead atoms. The fourth-order valence-corrected chi connectivity index (χ4v) is 1.55. The normalized spacial score (nSPS) is 10.1. The molecule has 0 aliphatic heterocycles. The Hall–Kier alpha value is -2.63. The highest BCUT2D eigenvalue weighted by Crippen LogP contribution is 2.21. The SMILES string of the molecule is Cc1cncc(Nc2cnc(N)cc2C(N)=O)c1. The number of nitrogens with two attached hydrogens (primary N) is 2. The van der Waals surface area contributed by atoms with Gasteiger partial charge in [-0.25, -0.2) is 4.98 Å². The van der Waals surface area contributed by atoms with Gasteiger partial charge in [-0.05, 0) is 24.6 Å². The third kappa shape index (κ3) is 2.54. The van der Waals surface area contributed by atoms with Crippen LogP contribution in [-0.4, -0.2) is 15.9 Å². The second kappa shape index (κ2) is 4.70. The molecule has 0 saturated carbocycles. The van der Waals surface area contributed by atoms with E-state index < -0.39 is 5.91 Å². The molecule has 18 heavy (non-hydrogen) atoms. The van der Waals surface area contributed by atoms with Crippen LogP contribution in [0.4, 0.5) is 17.2 Å². The van der Waals surface area contributed by atoms with Gasteiger partial charge < -0.3 is 16.8 Å². The van der Waals surface area contributed by atoms with Crippen molar-refractivity contribution in [3.63, 3.8) is 0 Å². The Morgan fingerprint density at radius 3 is 2.72 bits per heavy atom. The van der Waals surface area contributed by atoms with E-state index in [1.54, 1.807) is 12.4 Å².